The molecule has 1 aliphatic carbocycles. The van der Waals surface area contributed by atoms with Crippen LogP contribution in [0.1, 0.15) is 37.4 Å². The fourth-order valence-electron chi connectivity index (χ4n) is 3.49. The molecule has 1 saturated carbocycles. The molecule has 2 aliphatic rings. The Morgan fingerprint density at radius 3 is 2.83 bits per heavy atom. The highest BCUT2D eigenvalue weighted by Gasteiger charge is 2.37. The number of benzene rings is 1. The van der Waals surface area contributed by atoms with Crippen LogP contribution in [0.5, 0.6) is 0 Å². The molecular formula is C15H20ClNO. The van der Waals surface area contributed by atoms with E-state index >= 15 is 0 Å². The number of halogens is 1. The number of nitrogens with zero attached hydrogens (tertiary/aromatic N) is 1. The Morgan fingerprint density at radius 2 is 2.17 bits per heavy atom. The van der Waals surface area contributed by atoms with Crippen molar-refractivity contribution in [2.45, 2.75) is 37.8 Å². The molecule has 1 aromatic carbocycles. The van der Waals surface area contributed by atoms with Crippen molar-refractivity contribution in [1.29, 1.82) is 0 Å². The lowest BCUT2D eigenvalue weighted by Gasteiger charge is -2.27. The molecule has 18 heavy (non-hydrogen) atoms. The maximum atomic E-state index is 10.2. The van der Waals surface area contributed by atoms with Gasteiger partial charge in [-0.05, 0) is 43.2 Å². The molecule has 1 saturated heterocycles. The average molecular weight is 266 g/mol. The minimum absolute atomic E-state index is 0.433. The van der Waals surface area contributed by atoms with Crippen LogP contribution in [0.4, 0.5) is 0 Å². The third-order valence-electron chi connectivity index (χ3n) is 4.48. The highest BCUT2D eigenvalue weighted by Crippen LogP contribution is 2.37. The summed E-state index contributed by atoms with van der Waals surface area (Å²) in [5, 5.41) is 10.9. The van der Waals surface area contributed by atoms with Gasteiger partial charge in [-0.2, -0.15) is 0 Å². The molecule has 3 rings (SSSR count). The van der Waals surface area contributed by atoms with Crippen molar-refractivity contribution in [2.75, 3.05) is 13.1 Å². The fraction of sp³-hybridized carbons (Fsp3) is 0.600. The van der Waals surface area contributed by atoms with E-state index < -0.39 is 6.10 Å². The van der Waals surface area contributed by atoms with E-state index in [0.29, 0.717) is 5.02 Å². The van der Waals surface area contributed by atoms with Crippen molar-refractivity contribution in [1.82, 2.24) is 4.90 Å². The van der Waals surface area contributed by atoms with E-state index in [1.807, 2.05) is 24.3 Å². The van der Waals surface area contributed by atoms with Gasteiger partial charge in [0.25, 0.3) is 0 Å². The van der Waals surface area contributed by atoms with Crippen molar-refractivity contribution in [2.24, 2.45) is 5.92 Å². The minimum atomic E-state index is -0.433. The summed E-state index contributed by atoms with van der Waals surface area (Å²) in [6.45, 7) is 2.23. The lowest BCUT2D eigenvalue weighted by Crippen LogP contribution is -2.33. The van der Waals surface area contributed by atoms with Gasteiger partial charge in [-0.3, -0.25) is 4.90 Å². The smallest absolute Gasteiger partial charge is 0.0816 e. The summed E-state index contributed by atoms with van der Waals surface area (Å²) in [6.07, 6.45) is 4.49. The molecule has 1 heterocycles. The minimum Gasteiger partial charge on any atom is -0.388 e. The number of aliphatic hydroxyl groups excluding tert-OH is 1. The van der Waals surface area contributed by atoms with Crippen LogP contribution in [0.25, 0.3) is 0 Å². The Bertz CT molecular complexity index is 423. The highest BCUT2D eigenvalue weighted by atomic mass is 35.5. The Hall–Kier alpha value is -0.570. The Morgan fingerprint density at radius 1 is 1.33 bits per heavy atom. The van der Waals surface area contributed by atoms with Crippen LogP contribution < -0.4 is 0 Å². The van der Waals surface area contributed by atoms with Crippen molar-refractivity contribution in [3.05, 3.63) is 34.9 Å². The van der Waals surface area contributed by atoms with Gasteiger partial charge < -0.3 is 5.11 Å². The van der Waals surface area contributed by atoms with Gasteiger partial charge in [0.05, 0.1) is 6.10 Å². The van der Waals surface area contributed by atoms with E-state index in [2.05, 4.69) is 4.90 Å². The second-order valence-corrected chi connectivity index (χ2v) is 6.06. The monoisotopic (exact) mass is 265 g/mol. The third kappa shape index (κ3) is 2.42. The summed E-state index contributed by atoms with van der Waals surface area (Å²) < 4.78 is 0. The lowest BCUT2D eigenvalue weighted by atomic mass is 10.1. The van der Waals surface area contributed by atoms with E-state index in [4.69, 9.17) is 11.6 Å². The summed E-state index contributed by atoms with van der Waals surface area (Å²) >= 11 is 6.10. The summed E-state index contributed by atoms with van der Waals surface area (Å²) in [4.78, 5) is 2.55. The molecule has 2 bridgehead atoms. The number of fused-ring (bicyclic) bond motifs is 2. The van der Waals surface area contributed by atoms with Crippen LogP contribution in [0.2, 0.25) is 5.02 Å². The number of hydrogen-bond donors (Lipinski definition) is 1. The lowest BCUT2D eigenvalue weighted by molar-refractivity contribution is 0.129. The van der Waals surface area contributed by atoms with E-state index in [9.17, 15) is 5.11 Å². The van der Waals surface area contributed by atoms with E-state index in [-0.39, 0.29) is 0 Å². The topological polar surface area (TPSA) is 23.5 Å². The zero-order valence-electron chi connectivity index (χ0n) is 10.6. The van der Waals surface area contributed by atoms with Gasteiger partial charge in [0.2, 0.25) is 0 Å². The van der Waals surface area contributed by atoms with Gasteiger partial charge in [-0.1, -0.05) is 29.8 Å². The molecule has 0 aromatic heterocycles. The van der Waals surface area contributed by atoms with Crippen LogP contribution in [0.3, 0.4) is 0 Å². The first-order valence-electron chi connectivity index (χ1n) is 6.90. The van der Waals surface area contributed by atoms with Crippen molar-refractivity contribution in [3.63, 3.8) is 0 Å². The Labute approximate surface area is 114 Å². The zero-order valence-corrected chi connectivity index (χ0v) is 11.3. The predicted molar refractivity (Wildman–Crippen MR) is 73.7 cm³/mol. The third-order valence-corrected chi connectivity index (χ3v) is 4.82. The van der Waals surface area contributed by atoms with Crippen LogP contribution in [-0.2, 0) is 0 Å². The number of aliphatic hydroxyl groups is 1. The summed E-state index contributed by atoms with van der Waals surface area (Å²) in [7, 11) is 0. The van der Waals surface area contributed by atoms with Crippen molar-refractivity contribution in [3.8, 4) is 0 Å². The first-order valence-corrected chi connectivity index (χ1v) is 7.28. The molecule has 0 radical (unpaired) electrons. The number of hydrogen-bond acceptors (Lipinski definition) is 2. The van der Waals surface area contributed by atoms with Crippen molar-refractivity contribution < 1.29 is 5.11 Å². The zero-order chi connectivity index (χ0) is 12.5. The van der Waals surface area contributed by atoms with Gasteiger partial charge in [-0.25, -0.2) is 0 Å². The first-order chi connectivity index (χ1) is 8.74. The molecule has 0 spiro atoms. The highest BCUT2D eigenvalue weighted by molar-refractivity contribution is 6.31. The molecular weight excluding hydrogens is 246 g/mol. The van der Waals surface area contributed by atoms with Gasteiger partial charge >= 0.3 is 0 Å². The molecule has 3 heteroatoms. The van der Waals surface area contributed by atoms with Crippen molar-refractivity contribution >= 4 is 11.6 Å². The van der Waals surface area contributed by atoms with Gasteiger partial charge in [0.15, 0.2) is 0 Å². The van der Waals surface area contributed by atoms with Crippen LogP contribution in [-0.4, -0.2) is 29.1 Å². The second kappa shape index (κ2) is 5.20. The largest absolute Gasteiger partial charge is 0.388 e. The average Bonchev–Trinajstić information content (AvgIpc) is 2.98. The Balaban J connectivity index is 1.56. The molecule has 3 atom stereocenters. The molecule has 3 unspecified atom stereocenters. The molecule has 2 fully saturated rings. The molecule has 1 aromatic rings. The quantitative estimate of drug-likeness (QED) is 0.903. The second-order valence-electron chi connectivity index (χ2n) is 5.65. The number of rotatable bonds is 4. The Kier molecular flexibility index (Phi) is 3.60. The van der Waals surface area contributed by atoms with E-state index in [1.54, 1.807) is 0 Å². The predicted octanol–water partition coefficient (Wildman–Crippen LogP) is 3.25. The number of likely N-dealkylation sites (tertiary alicyclic amines) is 1. The summed E-state index contributed by atoms with van der Waals surface area (Å²) in [6, 6.07) is 8.38. The molecule has 1 N–H and O–H groups in total. The van der Waals surface area contributed by atoms with Crippen LogP contribution >= 0.6 is 11.6 Å². The maximum absolute atomic E-state index is 10.2. The van der Waals surface area contributed by atoms with Crippen LogP contribution in [0, 0.1) is 5.92 Å². The van der Waals surface area contributed by atoms with E-state index in [0.717, 1.165) is 30.5 Å². The summed E-state index contributed by atoms with van der Waals surface area (Å²) in [5.41, 5.74) is 0.864. The maximum Gasteiger partial charge on any atom is 0.0816 e. The molecule has 98 valence electrons. The molecule has 2 nitrogen and oxygen atoms in total. The normalized spacial score (nSPS) is 28.8. The SMILES string of the molecule is OC(CCN1CC2CCC1C2)c1ccccc1Cl. The fourth-order valence-corrected chi connectivity index (χ4v) is 3.75. The molecule has 1 aliphatic heterocycles. The first kappa shape index (κ1) is 12.5. The summed E-state index contributed by atoms with van der Waals surface area (Å²) in [5.74, 6) is 0.924. The molecule has 0 amide bonds. The van der Waals surface area contributed by atoms with E-state index in [1.165, 1.54) is 25.8 Å². The van der Waals surface area contributed by atoms with Gasteiger partial charge in [0.1, 0.15) is 0 Å². The standard InChI is InChI=1S/C15H20ClNO/c16-14-4-2-1-3-13(14)15(18)7-8-17-10-11-5-6-12(17)9-11/h1-4,11-12,15,18H,5-10H2. The van der Waals surface area contributed by atoms with Gasteiger partial charge in [0, 0.05) is 24.2 Å². The van der Waals surface area contributed by atoms with Crippen LogP contribution in [0.15, 0.2) is 24.3 Å². The van der Waals surface area contributed by atoms with Gasteiger partial charge in [-0.15, -0.1) is 0 Å². The number of piperidine rings is 1.